The van der Waals surface area contributed by atoms with Gasteiger partial charge in [0.05, 0.1) is 11.2 Å². The van der Waals surface area contributed by atoms with Gasteiger partial charge in [0.2, 0.25) is 0 Å². The fourth-order valence-corrected chi connectivity index (χ4v) is 4.73. The lowest BCUT2D eigenvalue weighted by Crippen LogP contribution is -2.48. The molecule has 1 aliphatic heterocycles. The molecule has 21 heavy (non-hydrogen) atoms. The van der Waals surface area contributed by atoms with Crippen molar-refractivity contribution in [3.05, 3.63) is 45.9 Å². The molecule has 1 aromatic heterocycles. The van der Waals surface area contributed by atoms with Crippen LogP contribution in [0.15, 0.2) is 30.3 Å². The average molecular weight is 299 g/mol. The normalized spacial score (nSPS) is 20.5. The summed E-state index contributed by atoms with van der Waals surface area (Å²) in [6.45, 7) is 2.04. The zero-order chi connectivity index (χ0) is 14.3. The number of aryl methyl sites for hydroxylation is 2. The van der Waals surface area contributed by atoms with Gasteiger partial charge in [-0.2, -0.15) is 0 Å². The minimum absolute atomic E-state index is 0.208. The fourth-order valence-electron chi connectivity index (χ4n) is 3.42. The second kappa shape index (κ2) is 5.11. The lowest BCUT2D eigenvalue weighted by atomic mass is 9.89. The Balaban J connectivity index is 1.50. The van der Waals surface area contributed by atoms with Crippen LogP contribution in [0.1, 0.15) is 34.8 Å². The van der Waals surface area contributed by atoms with Crippen molar-refractivity contribution < 1.29 is 0 Å². The number of anilines is 1. The molecular formula is C17H21N3S. The third-order valence-corrected chi connectivity index (χ3v) is 6.18. The van der Waals surface area contributed by atoms with Crippen LogP contribution in [0.5, 0.6) is 0 Å². The highest BCUT2D eigenvalue weighted by Gasteiger charge is 2.36. The van der Waals surface area contributed by atoms with Gasteiger partial charge in [0, 0.05) is 23.7 Å². The summed E-state index contributed by atoms with van der Waals surface area (Å²) in [5.74, 6) is 0. The molecule has 3 nitrogen and oxygen atoms in total. The van der Waals surface area contributed by atoms with E-state index in [0.717, 1.165) is 32.4 Å². The summed E-state index contributed by atoms with van der Waals surface area (Å²) >= 11 is 1.87. The summed E-state index contributed by atoms with van der Waals surface area (Å²) in [6, 6.07) is 10.6. The first-order valence-corrected chi connectivity index (χ1v) is 8.64. The minimum atomic E-state index is -0.208. The van der Waals surface area contributed by atoms with E-state index in [2.05, 4.69) is 35.2 Å². The maximum Gasteiger partial charge on any atom is 0.113 e. The number of thiazole rings is 1. The molecule has 2 N–H and O–H groups in total. The number of hydrogen-bond donors (Lipinski definition) is 1. The summed E-state index contributed by atoms with van der Waals surface area (Å²) in [7, 11) is 0. The molecule has 0 bridgehead atoms. The predicted molar refractivity (Wildman–Crippen MR) is 87.9 cm³/mol. The van der Waals surface area contributed by atoms with Crippen molar-refractivity contribution in [1.82, 2.24) is 4.98 Å². The van der Waals surface area contributed by atoms with Crippen molar-refractivity contribution in [2.24, 2.45) is 5.73 Å². The molecule has 2 aromatic rings. The molecule has 1 saturated heterocycles. The maximum absolute atomic E-state index is 6.70. The molecule has 4 heteroatoms. The molecule has 2 aliphatic rings. The summed E-state index contributed by atoms with van der Waals surface area (Å²) < 4.78 is 0. The van der Waals surface area contributed by atoms with Crippen LogP contribution in [0.4, 0.5) is 5.69 Å². The van der Waals surface area contributed by atoms with E-state index >= 15 is 0 Å². The van der Waals surface area contributed by atoms with Crippen LogP contribution in [0, 0.1) is 0 Å². The first kappa shape index (κ1) is 13.3. The summed E-state index contributed by atoms with van der Waals surface area (Å²) in [4.78, 5) is 8.78. The Morgan fingerprint density at radius 3 is 2.57 bits per heavy atom. The number of fused-ring (bicyclic) bond motifs is 1. The van der Waals surface area contributed by atoms with E-state index in [1.54, 1.807) is 0 Å². The number of rotatable bonds is 2. The van der Waals surface area contributed by atoms with Gasteiger partial charge in [-0.05, 0) is 44.2 Å². The standard InChI is InChI=1S/C17H21N3S/c18-17(16-19-14-7-4-8-15(14)21-16)9-11-20(12-10-17)13-5-2-1-3-6-13/h1-3,5-6H,4,7-12,18H2. The van der Waals surface area contributed by atoms with Crippen LogP contribution in [0.25, 0.3) is 0 Å². The second-order valence-corrected chi connectivity index (χ2v) is 7.30. The Bertz CT molecular complexity index is 605. The van der Waals surface area contributed by atoms with Crippen molar-refractivity contribution in [1.29, 1.82) is 0 Å². The van der Waals surface area contributed by atoms with Crippen LogP contribution >= 0.6 is 11.3 Å². The van der Waals surface area contributed by atoms with Crippen LogP contribution < -0.4 is 10.6 Å². The van der Waals surface area contributed by atoms with Gasteiger partial charge in [-0.1, -0.05) is 18.2 Å². The molecule has 0 spiro atoms. The lowest BCUT2D eigenvalue weighted by molar-refractivity contribution is 0.341. The Morgan fingerprint density at radius 2 is 1.86 bits per heavy atom. The molecule has 1 fully saturated rings. The minimum Gasteiger partial charge on any atom is -0.371 e. The van der Waals surface area contributed by atoms with Gasteiger partial charge in [-0.3, -0.25) is 0 Å². The smallest absolute Gasteiger partial charge is 0.113 e. The highest BCUT2D eigenvalue weighted by molar-refractivity contribution is 7.12. The van der Waals surface area contributed by atoms with Gasteiger partial charge in [0.15, 0.2) is 0 Å². The molecular weight excluding hydrogens is 278 g/mol. The summed E-state index contributed by atoms with van der Waals surface area (Å²) in [6.07, 6.45) is 5.62. The molecule has 1 aromatic carbocycles. The van der Waals surface area contributed by atoms with E-state index in [0.29, 0.717) is 0 Å². The van der Waals surface area contributed by atoms with Crippen LogP contribution in [-0.4, -0.2) is 18.1 Å². The number of benzene rings is 1. The van der Waals surface area contributed by atoms with Gasteiger partial charge < -0.3 is 10.6 Å². The third-order valence-electron chi connectivity index (χ3n) is 4.80. The fraction of sp³-hybridized carbons (Fsp3) is 0.471. The van der Waals surface area contributed by atoms with Crippen molar-refractivity contribution >= 4 is 17.0 Å². The van der Waals surface area contributed by atoms with Crippen molar-refractivity contribution in [2.45, 2.75) is 37.6 Å². The summed E-state index contributed by atoms with van der Waals surface area (Å²) in [5, 5.41) is 1.18. The van der Waals surface area contributed by atoms with Crippen LogP contribution in [-0.2, 0) is 18.4 Å². The molecule has 0 radical (unpaired) electrons. The van der Waals surface area contributed by atoms with Crippen LogP contribution in [0.3, 0.4) is 0 Å². The van der Waals surface area contributed by atoms with E-state index in [4.69, 9.17) is 10.7 Å². The molecule has 0 unspecified atom stereocenters. The average Bonchev–Trinajstić information content (AvgIpc) is 3.10. The van der Waals surface area contributed by atoms with Gasteiger partial charge in [0.1, 0.15) is 5.01 Å². The largest absolute Gasteiger partial charge is 0.371 e. The van der Waals surface area contributed by atoms with Crippen molar-refractivity contribution in [3.63, 3.8) is 0 Å². The number of nitrogens with two attached hydrogens (primary N) is 1. The highest BCUT2D eigenvalue weighted by atomic mass is 32.1. The highest BCUT2D eigenvalue weighted by Crippen LogP contribution is 2.38. The van der Waals surface area contributed by atoms with Gasteiger partial charge in [-0.15, -0.1) is 11.3 Å². The molecule has 4 rings (SSSR count). The molecule has 2 heterocycles. The Labute approximate surface area is 129 Å². The van der Waals surface area contributed by atoms with E-state index in [1.165, 1.54) is 34.1 Å². The first-order chi connectivity index (χ1) is 10.2. The Kier molecular flexibility index (Phi) is 3.23. The Hall–Kier alpha value is -1.39. The number of hydrogen-bond acceptors (Lipinski definition) is 4. The Morgan fingerprint density at radius 1 is 1.10 bits per heavy atom. The second-order valence-electron chi connectivity index (χ2n) is 6.22. The summed E-state index contributed by atoms with van der Waals surface area (Å²) in [5.41, 5.74) is 9.13. The number of nitrogens with zero attached hydrogens (tertiary/aromatic N) is 2. The van der Waals surface area contributed by atoms with Crippen molar-refractivity contribution in [3.8, 4) is 0 Å². The maximum atomic E-state index is 6.70. The van der Waals surface area contributed by atoms with Crippen LogP contribution in [0.2, 0.25) is 0 Å². The van der Waals surface area contributed by atoms with E-state index < -0.39 is 0 Å². The molecule has 0 amide bonds. The van der Waals surface area contributed by atoms with Gasteiger partial charge in [0.25, 0.3) is 0 Å². The molecule has 0 atom stereocenters. The molecule has 1 aliphatic carbocycles. The van der Waals surface area contributed by atoms with E-state index in [-0.39, 0.29) is 5.54 Å². The zero-order valence-electron chi connectivity index (χ0n) is 12.2. The first-order valence-electron chi connectivity index (χ1n) is 7.83. The zero-order valence-corrected chi connectivity index (χ0v) is 13.0. The van der Waals surface area contributed by atoms with Crippen molar-refractivity contribution in [2.75, 3.05) is 18.0 Å². The SMILES string of the molecule is NC1(c2nc3c(s2)CCC3)CCN(c2ccccc2)CC1. The van der Waals surface area contributed by atoms with E-state index in [9.17, 15) is 0 Å². The monoisotopic (exact) mass is 299 g/mol. The van der Waals surface area contributed by atoms with Gasteiger partial charge in [-0.25, -0.2) is 4.98 Å². The molecule has 0 saturated carbocycles. The number of para-hydroxylation sites is 1. The van der Waals surface area contributed by atoms with E-state index in [1.807, 2.05) is 11.3 Å². The lowest BCUT2D eigenvalue weighted by Gasteiger charge is -2.39. The third kappa shape index (κ3) is 2.36. The predicted octanol–water partition coefficient (Wildman–Crippen LogP) is 3.09. The number of piperidine rings is 1. The van der Waals surface area contributed by atoms with Gasteiger partial charge >= 0.3 is 0 Å². The number of aromatic nitrogens is 1. The topological polar surface area (TPSA) is 42.1 Å². The quantitative estimate of drug-likeness (QED) is 0.926. The molecule has 110 valence electrons.